The van der Waals surface area contributed by atoms with Crippen LogP contribution in [0.2, 0.25) is 0 Å². The predicted octanol–water partition coefficient (Wildman–Crippen LogP) is 3.18. The van der Waals surface area contributed by atoms with Crippen LogP contribution in [0.4, 0.5) is 5.69 Å². The maximum atomic E-state index is 13.1. The van der Waals surface area contributed by atoms with E-state index in [2.05, 4.69) is 16.4 Å². The van der Waals surface area contributed by atoms with Crippen molar-refractivity contribution in [3.05, 3.63) is 90.1 Å². The standard InChI is InChI=1S/C28H28N4O4/c1-35-19-12-10-18(11-13-19)21(22-15-30-23-7-3-2-6-20(22)23)14-31-27(33)17-32-16-26(28(29)34)36-25-9-5-4-8-24(25)32/h2-13,15,21,26,30H,14,16-17H2,1H3,(H2,29,34)(H,31,33)/t21-,26+/m1/s1. The van der Waals surface area contributed by atoms with E-state index in [4.69, 9.17) is 15.2 Å². The van der Waals surface area contributed by atoms with Crippen molar-refractivity contribution in [2.24, 2.45) is 5.73 Å². The lowest BCUT2D eigenvalue weighted by Crippen LogP contribution is -2.50. The van der Waals surface area contributed by atoms with Crippen LogP contribution in [-0.2, 0) is 9.59 Å². The molecular formula is C28H28N4O4. The number of carbonyl (C=O) groups is 2. The van der Waals surface area contributed by atoms with E-state index in [-0.39, 0.29) is 24.9 Å². The van der Waals surface area contributed by atoms with Crippen LogP contribution in [0.25, 0.3) is 10.9 Å². The molecule has 0 spiro atoms. The van der Waals surface area contributed by atoms with Crippen molar-refractivity contribution in [2.45, 2.75) is 12.0 Å². The number of nitrogens with one attached hydrogen (secondary N) is 2. The third-order valence-electron chi connectivity index (χ3n) is 6.53. The molecule has 8 nitrogen and oxygen atoms in total. The molecule has 184 valence electrons. The fraction of sp³-hybridized carbons (Fsp3) is 0.214. The van der Waals surface area contributed by atoms with Gasteiger partial charge in [-0.1, -0.05) is 42.5 Å². The van der Waals surface area contributed by atoms with Gasteiger partial charge in [0.05, 0.1) is 25.9 Å². The molecule has 0 saturated heterocycles. The highest BCUT2D eigenvalue weighted by Gasteiger charge is 2.30. The van der Waals surface area contributed by atoms with Crippen LogP contribution >= 0.6 is 0 Å². The monoisotopic (exact) mass is 484 g/mol. The quantitative estimate of drug-likeness (QED) is 0.356. The summed E-state index contributed by atoms with van der Waals surface area (Å²) in [6, 6.07) is 23.3. The number of nitrogens with zero attached hydrogens (tertiary/aromatic N) is 1. The molecule has 0 bridgehead atoms. The van der Waals surface area contributed by atoms with Gasteiger partial charge in [0.2, 0.25) is 5.91 Å². The molecule has 2 heterocycles. The Morgan fingerprint density at radius 1 is 1.11 bits per heavy atom. The third-order valence-corrected chi connectivity index (χ3v) is 6.53. The molecule has 1 aliphatic rings. The van der Waals surface area contributed by atoms with Crippen LogP contribution in [0, 0.1) is 0 Å². The van der Waals surface area contributed by atoms with E-state index in [0.29, 0.717) is 12.3 Å². The smallest absolute Gasteiger partial charge is 0.260 e. The minimum Gasteiger partial charge on any atom is -0.497 e. The molecule has 0 saturated carbocycles. The minimum absolute atomic E-state index is 0.0768. The summed E-state index contributed by atoms with van der Waals surface area (Å²) in [6.45, 7) is 0.690. The van der Waals surface area contributed by atoms with Crippen molar-refractivity contribution in [1.82, 2.24) is 10.3 Å². The van der Waals surface area contributed by atoms with E-state index >= 15 is 0 Å². The second kappa shape index (κ2) is 10.0. The van der Waals surface area contributed by atoms with Crippen molar-refractivity contribution in [1.29, 1.82) is 0 Å². The van der Waals surface area contributed by atoms with Crippen molar-refractivity contribution < 1.29 is 19.1 Å². The number of anilines is 1. The molecular weight excluding hydrogens is 456 g/mol. The largest absolute Gasteiger partial charge is 0.497 e. The number of hydrogen-bond donors (Lipinski definition) is 3. The molecule has 2 atom stereocenters. The molecule has 36 heavy (non-hydrogen) atoms. The first-order valence-corrected chi connectivity index (χ1v) is 11.8. The van der Waals surface area contributed by atoms with Crippen LogP contribution in [0.5, 0.6) is 11.5 Å². The Labute approximate surface area is 209 Å². The lowest BCUT2D eigenvalue weighted by molar-refractivity contribution is -0.125. The Hall–Kier alpha value is -4.46. The maximum Gasteiger partial charge on any atom is 0.260 e. The first-order valence-electron chi connectivity index (χ1n) is 11.8. The zero-order chi connectivity index (χ0) is 25.1. The van der Waals surface area contributed by atoms with E-state index in [0.717, 1.165) is 33.5 Å². The van der Waals surface area contributed by atoms with E-state index in [1.807, 2.05) is 71.8 Å². The summed E-state index contributed by atoms with van der Waals surface area (Å²) in [5, 5.41) is 4.21. The van der Waals surface area contributed by atoms with Gasteiger partial charge in [-0.3, -0.25) is 9.59 Å². The average molecular weight is 485 g/mol. The van der Waals surface area contributed by atoms with Gasteiger partial charge in [0, 0.05) is 29.6 Å². The molecule has 0 aliphatic carbocycles. The number of ether oxygens (including phenoxy) is 2. The van der Waals surface area contributed by atoms with Gasteiger partial charge < -0.3 is 30.4 Å². The van der Waals surface area contributed by atoms with Crippen molar-refractivity contribution >= 4 is 28.4 Å². The molecule has 8 heteroatoms. The number of aromatic nitrogens is 1. The van der Waals surface area contributed by atoms with E-state index in [1.54, 1.807) is 13.2 Å². The van der Waals surface area contributed by atoms with Crippen LogP contribution in [-0.4, -0.2) is 49.6 Å². The summed E-state index contributed by atoms with van der Waals surface area (Å²) >= 11 is 0. The number of primary amides is 1. The van der Waals surface area contributed by atoms with Gasteiger partial charge in [0.15, 0.2) is 6.10 Å². The van der Waals surface area contributed by atoms with Gasteiger partial charge in [0.1, 0.15) is 11.5 Å². The first-order chi connectivity index (χ1) is 17.5. The average Bonchev–Trinajstić information content (AvgIpc) is 3.33. The fourth-order valence-electron chi connectivity index (χ4n) is 4.68. The Morgan fingerprint density at radius 3 is 2.64 bits per heavy atom. The first kappa shape index (κ1) is 23.3. The molecule has 1 aliphatic heterocycles. The van der Waals surface area contributed by atoms with Crippen molar-refractivity contribution in [3.63, 3.8) is 0 Å². The SMILES string of the molecule is COc1ccc([C@@H](CNC(=O)CN2C[C@@H](C(N)=O)Oc3ccccc32)c2c[nH]c3ccccc23)cc1. The number of rotatable bonds is 8. The highest BCUT2D eigenvalue weighted by molar-refractivity contribution is 5.86. The summed E-state index contributed by atoms with van der Waals surface area (Å²) in [5.74, 6) is 0.513. The minimum atomic E-state index is -0.814. The van der Waals surface area contributed by atoms with Crippen LogP contribution in [0.1, 0.15) is 17.0 Å². The topological polar surface area (TPSA) is 110 Å². The molecule has 4 aromatic rings. The number of para-hydroxylation sites is 3. The fourth-order valence-corrected chi connectivity index (χ4v) is 4.68. The van der Waals surface area contributed by atoms with Crippen LogP contribution in [0.3, 0.4) is 0 Å². The summed E-state index contributed by atoms with van der Waals surface area (Å²) in [6.07, 6.45) is 1.19. The van der Waals surface area contributed by atoms with Crippen LogP contribution < -0.4 is 25.4 Å². The van der Waals surface area contributed by atoms with Crippen molar-refractivity contribution in [2.75, 3.05) is 31.6 Å². The number of H-pyrrole nitrogens is 1. The Morgan fingerprint density at radius 2 is 1.86 bits per heavy atom. The lowest BCUT2D eigenvalue weighted by Gasteiger charge is -2.34. The second-order valence-corrected chi connectivity index (χ2v) is 8.78. The highest BCUT2D eigenvalue weighted by Crippen LogP contribution is 2.33. The zero-order valence-electron chi connectivity index (χ0n) is 19.9. The maximum absolute atomic E-state index is 13.1. The molecule has 0 radical (unpaired) electrons. The normalized spacial score (nSPS) is 15.6. The highest BCUT2D eigenvalue weighted by atomic mass is 16.5. The molecule has 0 unspecified atom stereocenters. The molecule has 5 rings (SSSR count). The summed E-state index contributed by atoms with van der Waals surface area (Å²) in [7, 11) is 1.64. The van der Waals surface area contributed by atoms with Crippen molar-refractivity contribution in [3.8, 4) is 11.5 Å². The lowest BCUT2D eigenvalue weighted by atomic mass is 9.90. The van der Waals surface area contributed by atoms with E-state index in [9.17, 15) is 9.59 Å². The Bertz CT molecular complexity index is 1380. The third kappa shape index (κ3) is 4.70. The number of fused-ring (bicyclic) bond motifs is 2. The van der Waals surface area contributed by atoms with Gasteiger partial charge in [-0.05, 0) is 41.5 Å². The Balaban J connectivity index is 1.36. The summed E-state index contributed by atoms with van der Waals surface area (Å²) in [4.78, 5) is 30.1. The van der Waals surface area contributed by atoms with Gasteiger partial charge in [-0.2, -0.15) is 0 Å². The zero-order valence-corrected chi connectivity index (χ0v) is 19.9. The van der Waals surface area contributed by atoms with Gasteiger partial charge in [0.25, 0.3) is 5.91 Å². The van der Waals surface area contributed by atoms with Crippen LogP contribution in [0.15, 0.2) is 79.0 Å². The molecule has 0 fully saturated rings. The summed E-state index contributed by atoms with van der Waals surface area (Å²) < 4.78 is 11.0. The second-order valence-electron chi connectivity index (χ2n) is 8.78. The molecule has 1 aromatic heterocycles. The van der Waals surface area contributed by atoms with Gasteiger partial charge in [-0.15, -0.1) is 0 Å². The van der Waals surface area contributed by atoms with Gasteiger partial charge >= 0.3 is 0 Å². The number of amides is 2. The number of benzene rings is 3. The Kier molecular flexibility index (Phi) is 6.49. The van der Waals surface area contributed by atoms with E-state index in [1.165, 1.54) is 0 Å². The summed E-state index contributed by atoms with van der Waals surface area (Å²) in [5.41, 5.74) is 9.46. The molecule has 4 N–H and O–H groups in total. The molecule has 3 aromatic carbocycles. The number of methoxy groups -OCH3 is 1. The van der Waals surface area contributed by atoms with E-state index < -0.39 is 12.0 Å². The number of nitrogens with two attached hydrogens (primary N) is 1. The predicted molar refractivity (Wildman–Crippen MR) is 138 cm³/mol. The molecule has 2 amide bonds. The number of carbonyl (C=O) groups excluding carboxylic acids is 2. The van der Waals surface area contributed by atoms with Gasteiger partial charge in [-0.25, -0.2) is 0 Å². The number of hydrogen-bond acceptors (Lipinski definition) is 5. The number of aromatic amines is 1.